The molecular weight excluding hydrogens is 255 g/mol. The second-order valence-electron chi connectivity index (χ2n) is 5.45. The van der Waals surface area contributed by atoms with Gasteiger partial charge in [-0.3, -0.25) is 0 Å². The van der Waals surface area contributed by atoms with Crippen molar-refractivity contribution < 1.29 is 13.9 Å². The van der Waals surface area contributed by atoms with Crippen molar-refractivity contribution in [1.29, 1.82) is 0 Å². The number of ether oxygens (including phenoxy) is 1. The van der Waals surface area contributed by atoms with Crippen molar-refractivity contribution in [1.82, 2.24) is 0 Å². The highest BCUT2D eigenvalue weighted by molar-refractivity contribution is 5.87. The second-order valence-corrected chi connectivity index (χ2v) is 5.45. The third-order valence-corrected chi connectivity index (χ3v) is 4.12. The number of esters is 1. The smallest absolute Gasteiger partial charge is 0.333 e. The molecule has 3 heteroatoms. The lowest BCUT2D eigenvalue weighted by molar-refractivity contribution is -0.158. The van der Waals surface area contributed by atoms with Crippen LogP contribution in [0.5, 0.6) is 0 Å². The Bertz CT molecular complexity index is 536. The predicted molar refractivity (Wildman–Crippen MR) is 77.1 cm³/mol. The van der Waals surface area contributed by atoms with E-state index in [2.05, 4.69) is 6.58 Å². The molecule has 1 aliphatic rings. The first-order valence-corrected chi connectivity index (χ1v) is 7.10. The molecule has 2 rings (SSSR count). The van der Waals surface area contributed by atoms with E-state index in [4.69, 9.17) is 4.74 Å². The first kappa shape index (κ1) is 14.8. The van der Waals surface area contributed by atoms with Crippen LogP contribution in [0, 0.1) is 0 Å². The van der Waals surface area contributed by atoms with Crippen molar-refractivity contribution in [2.75, 3.05) is 0 Å². The van der Waals surface area contributed by atoms with Gasteiger partial charge in [-0.2, -0.15) is 0 Å². The molecule has 0 heterocycles. The SMILES string of the molecule is C=C(C)C(=O)OC1(CC)CCCc2c(CF)cccc21. The molecule has 0 saturated heterocycles. The average molecular weight is 276 g/mol. The molecule has 0 aromatic heterocycles. The van der Waals surface area contributed by atoms with Crippen LogP contribution in [0.15, 0.2) is 30.4 Å². The Balaban J connectivity index is 2.47. The van der Waals surface area contributed by atoms with Crippen LogP contribution >= 0.6 is 0 Å². The van der Waals surface area contributed by atoms with Crippen molar-refractivity contribution in [2.24, 2.45) is 0 Å². The fraction of sp³-hybridized carbons (Fsp3) is 0.471. The van der Waals surface area contributed by atoms with Crippen LogP contribution in [0.1, 0.15) is 49.8 Å². The number of hydrogen-bond acceptors (Lipinski definition) is 2. The van der Waals surface area contributed by atoms with Crippen LogP contribution in [0.3, 0.4) is 0 Å². The molecule has 0 amide bonds. The van der Waals surface area contributed by atoms with Gasteiger partial charge in [0.1, 0.15) is 12.3 Å². The van der Waals surface area contributed by atoms with E-state index >= 15 is 0 Å². The Kier molecular flexibility index (Phi) is 4.26. The van der Waals surface area contributed by atoms with Gasteiger partial charge in [0.25, 0.3) is 0 Å². The lowest BCUT2D eigenvalue weighted by Crippen LogP contribution is -2.36. The minimum atomic E-state index is -0.630. The molecule has 0 radical (unpaired) electrons. The van der Waals surface area contributed by atoms with Gasteiger partial charge in [0, 0.05) is 5.57 Å². The Morgan fingerprint density at radius 2 is 2.25 bits per heavy atom. The quantitative estimate of drug-likeness (QED) is 0.608. The summed E-state index contributed by atoms with van der Waals surface area (Å²) in [5.74, 6) is -0.370. The molecule has 2 nitrogen and oxygen atoms in total. The average Bonchev–Trinajstić information content (AvgIpc) is 2.46. The molecule has 0 spiro atoms. The first-order valence-electron chi connectivity index (χ1n) is 7.10. The van der Waals surface area contributed by atoms with Crippen molar-refractivity contribution in [3.63, 3.8) is 0 Å². The number of fused-ring (bicyclic) bond motifs is 1. The van der Waals surface area contributed by atoms with Crippen LogP contribution in [0.25, 0.3) is 0 Å². The number of benzene rings is 1. The molecule has 0 saturated carbocycles. The first-order chi connectivity index (χ1) is 9.54. The summed E-state index contributed by atoms with van der Waals surface area (Å²) < 4.78 is 18.9. The largest absolute Gasteiger partial charge is 0.451 e. The fourth-order valence-electron chi connectivity index (χ4n) is 2.98. The second kappa shape index (κ2) is 5.78. The molecule has 108 valence electrons. The predicted octanol–water partition coefficient (Wildman–Crippen LogP) is 4.22. The maximum Gasteiger partial charge on any atom is 0.333 e. The number of halogens is 1. The summed E-state index contributed by atoms with van der Waals surface area (Å²) in [6.45, 7) is 6.82. The van der Waals surface area contributed by atoms with Crippen molar-refractivity contribution in [3.8, 4) is 0 Å². The molecule has 0 fully saturated rings. The number of carbonyl (C=O) groups is 1. The highest BCUT2D eigenvalue weighted by Crippen LogP contribution is 2.42. The Hall–Kier alpha value is -1.64. The zero-order chi connectivity index (χ0) is 14.8. The van der Waals surface area contributed by atoms with E-state index in [1.807, 2.05) is 25.1 Å². The lowest BCUT2D eigenvalue weighted by Gasteiger charge is -2.38. The summed E-state index contributed by atoms with van der Waals surface area (Å²) in [7, 11) is 0. The van der Waals surface area contributed by atoms with Gasteiger partial charge in [0.05, 0.1) is 0 Å². The third-order valence-electron chi connectivity index (χ3n) is 4.12. The molecule has 1 aromatic carbocycles. The fourth-order valence-corrected chi connectivity index (χ4v) is 2.98. The summed E-state index contributed by atoms with van der Waals surface area (Å²) in [5.41, 5.74) is 2.46. The zero-order valence-electron chi connectivity index (χ0n) is 12.2. The van der Waals surface area contributed by atoms with E-state index in [1.54, 1.807) is 6.92 Å². The summed E-state index contributed by atoms with van der Waals surface area (Å²) in [6, 6.07) is 5.62. The van der Waals surface area contributed by atoms with Crippen LogP contribution in [0.2, 0.25) is 0 Å². The van der Waals surface area contributed by atoms with Gasteiger partial charge in [-0.25, -0.2) is 9.18 Å². The molecule has 0 aliphatic heterocycles. The Morgan fingerprint density at radius 3 is 2.85 bits per heavy atom. The van der Waals surface area contributed by atoms with Crippen LogP contribution in [-0.4, -0.2) is 5.97 Å². The van der Waals surface area contributed by atoms with Gasteiger partial charge < -0.3 is 4.74 Å². The normalized spacial score (nSPS) is 21.1. The maximum absolute atomic E-state index is 13.1. The molecular formula is C17H21FO2. The molecule has 0 bridgehead atoms. The van der Waals surface area contributed by atoms with Gasteiger partial charge >= 0.3 is 5.97 Å². The zero-order valence-corrected chi connectivity index (χ0v) is 12.2. The summed E-state index contributed by atoms with van der Waals surface area (Å²) in [6.07, 6.45) is 3.23. The van der Waals surface area contributed by atoms with E-state index in [9.17, 15) is 9.18 Å². The van der Waals surface area contributed by atoms with Gasteiger partial charge in [0.15, 0.2) is 0 Å². The van der Waals surface area contributed by atoms with Crippen LogP contribution in [-0.2, 0) is 28.2 Å². The minimum Gasteiger partial charge on any atom is -0.451 e. The number of carbonyl (C=O) groups excluding carboxylic acids is 1. The highest BCUT2D eigenvalue weighted by Gasteiger charge is 2.39. The molecule has 1 atom stereocenters. The van der Waals surface area contributed by atoms with Gasteiger partial charge in [0.2, 0.25) is 0 Å². The van der Waals surface area contributed by atoms with Gasteiger partial charge in [-0.1, -0.05) is 31.7 Å². The van der Waals surface area contributed by atoms with E-state index in [1.165, 1.54) is 0 Å². The molecule has 1 aromatic rings. The molecule has 1 unspecified atom stereocenters. The third kappa shape index (κ3) is 2.49. The Morgan fingerprint density at radius 1 is 1.50 bits per heavy atom. The van der Waals surface area contributed by atoms with Crippen molar-refractivity contribution >= 4 is 5.97 Å². The topological polar surface area (TPSA) is 26.3 Å². The molecule has 1 aliphatic carbocycles. The van der Waals surface area contributed by atoms with E-state index < -0.39 is 12.3 Å². The van der Waals surface area contributed by atoms with Crippen molar-refractivity contribution in [3.05, 3.63) is 47.0 Å². The van der Waals surface area contributed by atoms with E-state index in [0.29, 0.717) is 17.6 Å². The summed E-state index contributed by atoms with van der Waals surface area (Å²) in [4.78, 5) is 11.9. The maximum atomic E-state index is 13.1. The van der Waals surface area contributed by atoms with Crippen LogP contribution in [0.4, 0.5) is 4.39 Å². The lowest BCUT2D eigenvalue weighted by atomic mass is 9.76. The summed E-state index contributed by atoms with van der Waals surface area (Å²) >= 11 is 0. The van der Waals surface area contributed by atoms with Crippen LogP contribution < -0.4 is 0 Å². The highest BCUT2D eigenvalue weighted by atomic mass is 19.1. The standard InChI is InChI=1S/C17H21FO2/c1-4-17(20-16(19)12(2)3)10-6-8-14-13(11-18)7-5-9-15(14)17/h5,7,9H,2,4,6,8,10-11H2,1,3H3. The number of alkyl halides is 1. The van der Waals surface area contributed by atoms with Crippen molar-refractivity contribution in [2.45, 2.75) is 51.8 Å². The monoisotopic (exact) mass is 276 g/mol. The van der Waals surface area contributed by atoms with Gasteiger partial charge in [-0.05, 0) is 49.3 Å². The van der Waals surface area contributed by atoms with Gasteiger partial charge in [-0.15, -0.1) is 0 Å². The number of hydrogen-bond donors (Lipinski definition) is 0. The summed E-state index contributed by atoms with van der Waals surface area (Å²) in [5, 5.41) is 0. The number of rotatable bonds is 4. The molecule has 0 N–H and O–H groups in total. The van der Waals surface area contributed by atoms with E-state index in [-0.39, 0.29) is 5.97 Å². The minimum absolute atomic E-state index is 0.370. The Labute approximate surface area is 119 Å². The molecule has 20 heavy (non-hydrogen) atoms. The van der Waals surface area contributed by atoms with E-state index in [0.717, 1.165) is 30.4 Å².